The number of ether oxygens (including phenoxy) is 2. The van der Waals surface area contributed by atoms with E-state index >= 15 is 0 Å². The third kappa shape index (κ3) is 5.90. The molecule has 2 aromatic heterocycles. The average molecular weight is 538 g/mol. The number of benzene rings is 2. The van der Waals surface area contributed by atoms with Gasteiger partial charge in [-0.15, -0.1) is 0 Å². The van der Waals surface area contributed by atoms with E-state index in [2.05, 4.69) is 38.9 Å². The zero-order valence-corrected chi connectivity index (χ0v) is 23.1. The van der Waals surface area contributed by atoms with Crippen LogP contribution in [0.2, 0.25) is 0 Å². The average Bonchev–Trinajstić information content (AvgIpc) is 3.00. The molecule has 0 bridgehead atoms. The lowest BCUT2D eigenvalue weighted by atomic mass is 10.0. The van der Waals surface area contributed by atoms with Crippen LogP contribution in [0.15, 0.2) is 66.9 Å². The van der Waals surface area contributed by atoms with Gasteiger partial charge in [-0.2, -0.15) is 4.98 Å². The molecule has 2 aliphatic rings. The Labute approximate surface area is 235 Å². The molecular weight excluding hydrogens is 502 g/mol. The van der Waals surface area contributed by atoms with Gasteiger partial charge in [0.2, 0.25) is 11.8 Å². The van der Waals surface area contributed by atoms with Gasteiger partial charge in [-0.25, -0.2) is 15.0 Å². The summed E-state index contributed by atoms with van der Waals surface area (Å²) in [6, 6.07) is 20.2. The number of likely N-dealkylation sites (N-methyl/N-ethyl adjacent to an activating group) is 1. The van der Waals surface area contributed by atoms with Gasteiger partial charge in [-0.3, -0.25) is 4.90 Å². The van der Waals surface area contributed by atoms with Crippen LogP contribution in [-0.2, 0) is 24.3 Å². The first-order valence-electron chi connectivity index (χ1n) is 14.0. The standard InChI is InChI=1S/C31H35N7O2/c1-3-37-16-14-26-27(19-37)34-29(36-30(26)38-17-18-39-20-22(38)2)24-9-11-25(12-10-24)33-31-32-15-13-28(35-31)40-21-23-7-5-4-6-8-23/h4-13,15,22H,3,14,16-21H2,1-2H3,(H,32,33,35)/t22-/m0/s1. The van der Waals surface area contributed by atoms with Crippen molar-refractivity contribution in [2.24, 2.45) is 0 Å². The number of nitrogens with zero attached hydrogens (tertiary/aromatic N) is 6. The van der Waals surface area contributed by atoms with Crippen LogP contribution in [0.3, 0.4) is 0 Å². The number of hydrogen-bond acceptors (Lipinski definition) is 9. The lowest BCUT2D eigenvalue weighted by Gasteiger charge is -2.37. The summed E-state index contributed by atoms with van der Waals surface area (Å²) in [6.07, 6.45) is 2.67. The molecule has 1 saturated heterocycles. The fraction of sp³-hybridized carbons (Fsp3) is 0.355. The van der Waals surface area contributed by atoms with E-state index in [-0.39, 0.29) is 6.04 Å². The molecule has 0 spiro atoms. The number of rotatable bonds is 8. The van der Waals surface area contributed by atoms with Crippen LogP contribution in [0.5, 0.6) is 5.88 Å². The van der Waals surface area contributed by atoms with E-state index in [9.17, 15) is 0 Å². The van der Waals surface area contributed by atoms with Gasteiger partial charge in [-0.05, 0) is 49.7 Å². The highest BCUT2D eigenvalue weighted by Crippen LogP contribution is 2.32. The van der Waals surface area contributed by atoms with Crippen molar-refractivity contribution in [1.29, 1.82) is 0 Å². The van der Waals surface area contributed by atoms with Gasteiger partial charge in [-0.1, -0.05) is 37.3 Å². The first-order valence-corrected chi connectivity index (χ1v) is 14.0. The first kappa shape index (κ1) is 26.2. The van der Waals surface area contributed by atoms with Crippen LogP contribution < -0.4 is 15.0 Å². The molecule has 206 valence electrons. The Morgan fingerprint density at radius 2 is 1.85 bits per heavy atom. The van der Waals surface area contributed by atoms with Crippen molar-refractivity contribution >= 4 is 17.5 Å². The van der Waals surface area contributed by atoms with E-state index in [4.69, 9.17) is 19.4 Å². The molecule has 0 saturated carbocycles. The van der Waals surface area contributed by atoms with Crippen molar-refractivity contribution < 1.29 is 9.47 Å². The van der Waals surface area contributed by atoms with Gasteiger partial charge >= 0.3 is 0 Å². The molecule has 0 unspecified atom stereocenters. The first-order chi connectivity index (χ1) is 19.7. The van der Waals surface area contributed by atoms with Crippen LogP contribution in [-0.4, -0.2) is 63.7 Å². The van der Waals surface area contributed by atoms with E-state index in [0.717, 1.165) is 80.0 Å². The molecule has 40 heavy (non-hydrogen) atoms. The number of fused-ring (bicyclic) bond motifs is 1. The summed E-state index contributed by atoms with van der Waals surface area (Å²) in [5.41, 5.74) is 5.36. The van der Waals surface area contributed by atoms with Gasteiger partial charge in [0.05, 0.1) is 24.9 Å². The van der Waals surface area contributed by atoms with E-state index in [1.807, 2.05) is 54.6 Å². The van der Waals surface area contributed by atoms with E-state index < -0.39 is 0 Å². The number of hydrogen-bond donors (Lipinski definition) is 1. The number of nitrogens with one attached hydrogen (secondary N) is 1. The minimum absolute atomic E-state index is 0.281. The Kier molecular flexibility index (Phi) is 7.83. The van der Waals surface area contributed by atoms with Crippen molar-refractivity contribution in [2.45, 2.75) is 39.5 Å². The molecule has 0 aliphatic carbocycles. The molecule has 1 fully saturated rings. The topological polar surface area (TPSA) is 88.5 Å². The summed E-state index contributed by atoms with van der Waals surface area (Å²) in [4.78, 5) is 23.9. The van der Waals surface area contributed by atoms with Crippen molar-refractivity contribution in [2.75, 3.05) is 43.1 Å². The second kappa shape index (κ2) is 12.0. The van der Waals surface area contributed by atoms with E-state index in [1.165, 1.54) is 5.56 Å². The quantitative estimate of drug-likeness (QED) is 0.339. The third-order valence-corrected chi connectivity index (χ3v) is 7.47. The summed E-state index contributed by atoms with van der Waals surface area (Å²) in [5.74, 6) is 2.82. The molecule has 2 aliphatic heterocycles. The fourth-order valence-corrected chi connectivity index (χ4v) is 5.19. The normalized spacial score (nSPS) is 17.4. The van der Waals surface area contributed by atoms with Gasteiger partial charge in [0.1, 0.15) is 12.4 Å². The van der Waals surface area contributed by atoms with E-state index in [0.29, 0.717) is 18.4 Å². The molecule has 9 nitrogen and oxygen atoms in total. The molecule has 0 amide bonds. The maximum absolute atomic E-state index is 5.85. The monoisotopic (exact) mass is 537 g/mol. The molecule has 1 atom stereocenters. The van der Waals surface area contributed by atoms with Crippen LogP contribution in [0, 0.1) is 0 Å². The van der Waals surface area contributed by atoms with E-state index in [1.54, 1.807) is 12.3 Å². The summed E-state index contributed by atoms with van der Waals surface area (Å²) >= 11 is 0. The van der Waals surface area contributed by atoms with Crippen molar-refractivity contribution in [3.05, 3.63) is 83.7 Å². The molecule has 0 radical (unpaired) electrons. The molecule has 4 heterocycles. The minimum atomic E-state index is 0.281. The van der Waals surface area contributed by atoms with Crippen LogP contribution >= 0.6 is 0 Å². The molecule has 6 rings (SSSR count). The van der Waals surface area contributed by atoms with Crippen LogP contribution in [0.1, 0.15) is 30.7 Å². The molecular formula is C31H35N7O2. The Morgan fingerprint density at radius 1 is 1.00 bits per heavy atom. The predicted molar refractivity (Wildman–Crippen MR) is 156 cm³/mol. The number of anilines is 3. The summed E-state index contributed by atoms with van der Waals surface area (Å²) < 4.78 is 11.6. The summed E-state index contributed by atoms with van der Waals surface area (Å²) in [7, 11) is 0. The number of morpholine rings is 1. The summed E-state index contributed by atoms with van der Waals surface area (Å²) in [5, 5.41) is 3.28. The third-order valence-electron chi connectivity index (χ3n) is 7.47. The van der Waals surface area contributed by atoms with Crippen molar-refractivity contribution in [3.63, 3.8) is 0 Å². The zero-order chi connectivity index (χ0) is 27.3. The maximum Gasteiger partial charge on any atom is 0.230 e. The highest BCUT2D eigenvalue weighted by atomic mass is 16.5. The Balaban J connectivity index is 1.21. The van der Waals surface area contributed by atoms with Crippen molar-refractivity contribution in [1.82, 2.24) is 24.8 Å². The number of aromatic nitrogens is 4. The largest absolute Gasteiger partial charge is 0.473 e. The second-order valence-electron chi connectivity index (χ2n) is 10.2. The maximum atomic E-state index is 5.85. The molecule has 1 N–H and O–H groups in total. The smallest absolute Gasteiger partial charge is 0.230 e. The van der Waals surface area contributed by atoms with Gasteiger partial charge in [0.25, 0.3) is 0 Å². The SMILES string of the molecule is CCN1CCc2c(nc(-c3ccc(Nc4nccc(OCc5ccccc5)n4)cc3)nc2N2CCOC[C@@H]2C)C1. The summed E-state index contributed by atoms with van der Waals surface area (Å²) in [6.45, 7) is 10.1. The Hall–Kier alpha value is -4.08. The lowest BCUT2D eigenvalue weighted by molar-refractivity contribution is 0.0983. The van der Waals surface area contributed by atoms with Gasteiger partial charge < -0.3 is 19.7 Å². The molecule has 4 aromatic rings. The van der Waals surface area contributed by atoms with Crippen molar-refractivity contribution in [3.8, 4) is 17.3 Å². The Morgan fingerprint density at radius 3 is 2.65 bits per heavy atom. The van der Waals surface area contributed by atoms with Crippen LogP contribution in [0.25, 0.3) is 11.4 Å². The Bertz CT molecular complexity index is 1430. The highest BCUT2D eigenvalue weighted by molar-refractivity contribution is 5.65. The fourth-order valence-electron chi connectivity index (χ4n) is 5.19. The van der Waals surface area contributed by atoms with Gasteiger partial charge in [0, 0.05) is 48.7 Å². The lowest BCUT2D eigenvalue weighted by Crippen LogP contribution is -2.45. The molecule has 9 heteroatoms. The zero-order valence-electron chi connectivity index (χ0n) is 23.1. The highest BCUT2D eigenvalue weighted by Gasteiger charge is 2.28. The predicted octanol–water partition coefficient (Wildman–Crippen LogP) is 4.86. The molecule has 2 aromatic carbocycles. The van der Waals surface area contributed by atoms with Gasteiger partial charge in [0.15, 0.2) is 5.82 Å². The van der Waals surface area contributed by atoms with Crippen LogP contribution in [0.4, 0.5) is 17.5 Å². The minimum Gasteiger partial charge on any atom is -0.473 e. The second-order valence-corrected chi connectivity index (χ2v) is 10.2.